The van der Waals surface area contributed by atoms with Crippen LogP contribution in [0.15, 0.2) is 24.5 Å². The van der Waals surface area contributed by atoms with E-state index in [1.54, 1.807) is 10.9 Å². The molecule has 0 bridgehead atoms. The second-order valence-corrected chi connectivity index (χ2v) is 4.27. The largest absolute Gasteiger partial charge is 0.478 e. The predicted octanol–water partition coefficient (Wildman–Crippen LogP) is 1.08. The third kappa shape index (κ3) is 3.32. The first kappa shape index (κ1) is 14.4. The Morgan fingerprint density at radius 2 is 2.33 bits per heavy atom. The first-order valence-corrected chi connectivity index (χ1v) is 6.07. The van der Waals surface area contributed by atoms with Crippen molar-refractivity contribution < 1.29 is 14.8 Å². The second kappa shape index (κ2) is 5.99. The summed E-state index contributed by atoms with van der Waals surface area (Å²) in [4.78, 5) is 24.9. The first-order valence-electron chi connectivity index (χ1n) is 6.07. The summed E-state index contributed by atoms with van der Waals surface area (Å²) in [5, 5.41) is 26.6. The Morgan fingerprint density at radius 3 is 2.90 bits per heavy atom. The number of carboxylic acids is 1. The number of aryl methyl sites for hydroxylation is 1. The summed E-state index contributed by atoms with van der Waals surface area (Å²) in [5.41, 5.74) is 0.389. The van der Waals surface area contributed by atoms with Crippen molar-refractivity contribution in [1.82, 2.24) is 14.8 Å². The van der Waals surface area contributed by atoms with Gasteiger partial charge in [-0.3, -0.25) is 14.8 Å². The highest BCUT2D eigenvalue weighted by Gasteiger charge is 2.17. The van der Waals surface area contributed by atoms with Crippen LogP contribution in [0, 0.1) is 10.1 Å². The Balaban J connectivity index is 2.10. The highest BCUT2D eigenvalue weighted by atomic mass is 16.6. The molecule has 0 unspecified atom stereocenters. The average molecular weight is 291 g/mol. The lowest BCUT2D eigenvalue weighted by atomic mass is 10.2. The van der Waals surface area contributed by atoms with Gasteiger partial charge in [0.2, 0.25) is 0 Å². The number of hydrogen-bond acceptors (Lipinski definition) is 6. The van der Waals surface area contributed by atoms with E-state index < -0.39 is 10.9 Å². The molecule has 9 heteroatoms. The Labute approximate surface area is 119 Å². The summed E-state index contributed by atoms with van der Waals surface area (Å²) in [6.45, 7) is 0.435. The van der Waals surface area contributed by atoms with Gasteiger partial charge in [-0.25, -0.2) is 9.78 Å². The van der Waals surface area contributed by atoms with Crippen LogP contribution in [0.3, 0.4) is 0 Å². The van der Waals surface area contributed by atoms with E-state index in [9.17, 15) is 14.9 Å². The highest BCUT2D eigenvalue weighted by molar-refractivity contribution is 5.93. The van der Waals surface area contributed by atoms with Crippen LogP contribution < -0.4 is 5.32 Å². The van der Waals surface area contributed by atoms with Crippen molar-refractivity contribution in [2.24, 2.45) is 7.05 Å². The molecule has 9 nitrogen and oxygen atoms in total. The zero-order valence-electron chi connectivity index (χ0n) is 11.2. The summed E-state index contributed by atoms with van der Waals surface area (Å²) in [5.74, 6) is -1.16. The lowest BCUT2D eigenvalue weighted by molar-refractivity contribution is -0.385. The molecular formula is C12H13N5O4. The van der Waals surface area contributed by atoms with E-state index >= 15 is 0 Å². The maximum Gasteiger partial charge on any atom is 0.339 e. The van der Waals surface area contributed by atoms with Crippen LogP contribution in [0.25, 0.3) is 0 Å². The monoisotopic (exact) mass is 291 g/mol. The van der Waals surface area contributed by atoms with E-state index in [1.807, 2.05) is 13.1 Å². The fourth-order valence-corrected chi connectivity index (χ4v) is 1.81. The summed E-state index contributed by atoms with van der Waals surface area (Å²) < 4.78 is 1.71. The van der Waals surface area contributed by atoms with Gasteiger partial charge in [0, 0.05) is 38.0 Å². The Hall–Kier alpha value is -2.97. The van der Waals surface area contributed by atoms with Gasteiger partial charge in [0.15, 0.2) is 0 Å². The van der Waals surface area contributed by atoms with Gasteiger partial charge in [0.1, 0.15) is 17.6 Å². The molecule has 21 heavy (non-hydrogen) atoms. The molecule has 2 heterocycles. The van der Waals surface area contributed by atoms with Gasteiger partial charge in [0.05, 0.1) is 4.92 Å². The maximum atomic E-state index is 11.1. The number of rotatable bonds is 6. The van der Waals surface area contributed by atoms with E-state index in [-0.39, 0.29) is 17.1 Å². The predicted molar refractivity (Wildman–Crippen MR) is 73.3 cm³/mol. The summed E-state index contributed by atoms with van der Waals surface area (Å²) >= 11 is 0. The van der Waals surface area contributed by atoms with Crippen molar-refractivity contribution in [2.45, 2.75) is 6.42 Å². The number of carboxylic acid groups (broad SMARTS) is 1. The van der Waals surface area contributed by atoms with E-state index in [1.165, 1.54) is 0 Å². The molecule has 110 valence electrons. The number of nitro groups is 1. The number of hydrogen-bond donors (Lipinski definition) is 2. The summed E-state index contributed by atoms with van der Waals surface area (Å²) in [6, 6.07) is 2.84. The minimum atomic E-state index is -1.27. The molecule has 2 N–H and O–H groups in total. The number of aromatic nitrogens is 3. The van der Waals surface area contributed by atoms with E-state index in [2.05, 4.69) is 15.4 Å². The van der Waals surface area contributed by atoms with Crippen LogP contribution in [0.2, 0.25) is 0 Å². The van der Waals surface area contributed by atoms with Gasteiger partial charge >= 0.3 is 5.97 Å². The van der Waals surface area contributed by atoms with Crippen LogP contribution in [-0.2, 0) is 13.5 Å². The molecule has 0 radical (unpaired) electrons. The van der Waals surface area contributed by atoms with Crippen molar-refractivity contribution in [3.8, 4) is 0 Å². The Bertz CT molecular complexity index is 682. The zero-order chi connectivity index (χ0) is 15.4. The summed E-state index contributed by atoms with van der Waals surface area (Å²) in [7, 11) is 1.81. The lowest BCUT2D eigenvalue weighted by Gasteiger charge is -2.08. The van der Waals surface area contributed by atoms with E-state index in [0.29, 0.717) is 13.0 Å². The number of anilines is 1. The average Bonchev–Trinajstić information content (AvgIpc) is 2.84. The molecule has 0 aromatic carbocycles. The van der Waals surface area contributed by atoms with Gasteiger partial charge in [-0.05, 0) is 6.07 Å². The molecule has 0 spiro atoms. The quantitative estimate of drug-likeness (QED) is 0.602. The van der Waals surface area contributed by atoms with Crippen LogP contribution >= 0.6 is 0 Å². The number of nitrogens with zero attached hydrogens (tertiary/aromatic N) is 4. The normalized spacial score (nSPS) is 10.3. The number of pyridine rings is 1. The van der Waals surface area contributed by atoms with Crippen LogP contribution in [0.1, 0.15) is 16.1 Å². The van der Waals surface area contributed by atoms with Crippen molar-refractivity contribution in [3.63, 3.8) is 0 Å². The molecule has 2 aromatic rings. The van der Waals surface area contributed by atoms with E-state index in [0.717, 1.165) is 18.0 Å². The topological polar surface area (TPSA) is 123 Å². The molecule has 0 saturated heterocycles. The molecule has 2 rings (SSSR count). The fourth-order valence-electron chi connectivity index (χ4n) is 1.81. The zero-order valence-corrected chi connectivity index (χ0v) is 11.2. The third-order valence-corrected chi connectivity index (χ3v) is 2.91. The third-order valence-electron chi connectivity index (χ3n) is 2.91. The van der Waals surface area contributed by atoms with Crippen molar-refractivity contribution in [1.29, 1.82) is 0 Å². The highest BCUT2D eigenvalue weighted by Crippen LogP contribution is 2.19. The van der Waals surface area contributed by atoms with E-state index in [4.69, 9.17) is 5.11 Å². The van der Waals surface area contributed by atoms with Crippen molar-refractivity contribution in [3.05, 3.63) is 45.9 Å². The SMILES string of the molecule is Cn1nccc1CCNc1ncc([N+](=O)[O-])cc1C(=O)O. The van der Waals surface area contributed by atoms with Gasteiger partial charge in [-0.2, -0.15) is 5.10 Å². The van der Waals surface area contributed by atoms with Crippen molar-refractivity contribution >= 4 is 17.5 Å². The summed E-state index contributed by atoms with van der Waals surface area (Å²) in [6.07, 6.45) is 3.31. The molecule has 0 amide bonds. The van der Waals surface area contributed by atoms with Gasteiger partial charge in [0.25, 0.3) is 5.69 Å². The number of nitrogens with one attached hydrogen (secondary N) is 1. The molecule has 0 saturated carbocycles. The Morgan fingerprint density at radius 1 is 1.57 bits per heavy atom. The fraction of sp³-hybridized carbons (Fsp3) is 0.250. The number of carbonyl (C=O) groups is 1. The minimum absolute atomic E-state index is 0.107. The van der Waals surface area contributed by atoms with Crippen LogP contribution in [0.4, 0.5) is 11.5 Å². The second-order valence-electron chi connectivity index (χ2n) is 4.27. The lowest BCUT2D eigenvalue weighted by Crippen LogP contribution is -2.13. The van der Waals surface area contributed by atoms with Crippen molar-refractivity contribution in [2.75, 3.05) is 11.9 Å². The van der Waals surface area contributed by atoms with Gasteiger partial charge in [-0.15, -0.1) is 0 Å². The molecular weight excluding hydrogens is 278 g/mol. The first-order chi connectivity index (χ1) is 9.99. The molecule has 0 aliphatic heterocycles. The molecule has 0 aliphatic carbocycles. The van der Waals surface area contributed by atoms with Crippen LogP contribution in [-0.4, -0.2) is 37.3 Å². The van der Waals surface area contributed by atoms with Crippen LogP contribution in [0.5, 0.6) is 0 Å². The maximum absolute atomic E-state index is 11.1. The Kier molecular flexibility index (Phi) is 4.12. The molecule has 0 fully saturated rings. The number of aromatic carboxylic acids is 1. The molecule has 2 aromatic heterocycles. The standard InChI is InChI=1S/C12H13N5O4/c1-16-8(3-5-15-16)2-4-13-11-10(12(18)19)6-9(7-14-11)17(20)21/h3,5-7H,2,4H2,1H3,(H,13,14)(H,18,19). The minimum Gasteiger partial charge on any atom is -0.478 e. The van der Waals surface area contributed by atoms with Gasteiger partial charge < -0.3 is 10.4 Å². The molecule has 0 atom stereocenters. The smallest absolute Gasteiger partial charge is 0.339 e. The molecule has 0 aliphatic rings. The van der Waals surface area contributed by atoms with Gasteiger partial charge in [-0.1, -0.05) is 0 Å².